The molecule has 0 bridgehead atoms. The minimum atomic E-state index is -0.0738. The zero-order chi connectivity index (χ0) is 16.1. The molecule has 0 aliphatic carbocycles. The zero-order valence-corrected chi connectivity index (χ0v) is 14.6. The number of amides is 1. The third-order valence-electron chi connectivity index (χ3n) is 3.22. The Kier molecular flexibility index (Phi) is 5.15. The van der Waals surface area contributed by atoms with Crippen molar-refractivity contribution >= 4 is 33.2 Å². The van der Waals surface area contributed by atoms with Gasteiger partial charge in [0.1, 0.15) is 0 Å². The van der Waals surface area contributed by atoms with E-state index in [4.69, 9.17) is 0 Å². The number of hydrogen-bond donors (Lipinski definition) is 1. The summed E-state index contributed by atoms with van der Waals surface area (Å²) in [7, 11) is 0. The summed E-state index contributed by atoms with van der Waals surface area (Å²) in [4.78, 5) is 20.7. The molecule has 0 spiro atoms. The second-order valence-electron chi connectivity index (χ2n) is 4.88. The van der Waals surface area contributed by atoms with Crippen LogP contribution in [0.5, 0.6) is 0 Å². The van der Waals surface area contributed by atoms with Crippen LogP contribution in [0.4, 0.5) is 0 Å². The molecule has 2 aromatic heterocycles. The van der Waals surface area contributed by atoms with E-state index in [2.05, 4.69) is 31.2 Å². The molecule has 0 saturated carbocycles. The first kappa shape index (κ1) is 15.8. The number of hydrogen-bond acceptors (Lipinski definition) is 4. The lowest BCUT2D eigenvalue weighted by molar-refractivity contribution is 0.0954. The fraction of sp³-hybridized carbons (Fsp3) is 0.118. The number of benzene rings is 1. The third-order valence-corrected chi connectivity index (χ3v) is 4.62. The molecule has 2 heterocycles. The summed E-state index contributed by atoms with van der Waals surface area (Å²) < 4.78 is 0.895. The number of halogens is 1. The molecule has 0 unspecified atom stereocenters. The van der Waals surface area contributed by atoms with Crippen molar-refractivity contribution in [2.24, 2.45) is 0 Å². The first-order valence-electron chi connectivity index (χ1n) is 7.11. The summed E-state index contributed by atoms with van der Waals surface area (Å²) in [5, 5.41) is 5.93. The number of rotatable bonds is 5. The number of nitrogens with one attached hydrogen (secondary N) is 1. The molecule has 0 aliphatic rings. The van der Waals surface area contributed by atoms with E-state index in [0.29, 0.717) is 18.5 Å². The van der Waals surface area contributed by atoms with Crippen molar-refractivity contribution < 1.29 is 4.79 Å². The van der Waals surface area contributed by atoms with Gasteiger partial charge in [-0.15, -0.1) is 11.3 Å². The van der Waals surface area contributed by atoms with Gasteiger partial charge in [-0.25, -0.2) is 4.98 Å². The summed E-state index contributed by atoms with van der Waals surface area (Å²) >= 11 is 4.96. The largest absolute Gasteiger partial charge is 0.352 e. The molecule has 1 N–H and O–H groups in total. The molecule has 23 heavy (non-hydrogen) atoms. The summed E-state index contributed by atoms with van der Waals surface area (Å²) in [6, 6.07) is 11.2. The monoisotopic (exact) mass is 387 g/mol. The molecular weight excluding hydrogens is 374 g/mol. The van der Waals surface area contributed by atoms with E-state index in [-0.39, 0.29) is 5.91 Å². The number of nitrogens with zero attached hydrogens (tertiary/aromatic N) is 2. The van der Waals surface area contributed by atoms with Crippen molar-refractivity contribution in [1.82, 2.24) is 15.3 Å². The van der Waals surface area contributed by atoms with Crippen molar-refractivity contribution in [3.8, 4) is 11.3 Å². The molecule has 0 saturated heterocycles. The summed E-state index contributed by atoms with van der Waals surface area (Å²) in [6.45, 7) is 0.561. The third kappa shape index (κ3) is 4.24. The molecule has 4 nitrogen and oxygen atoms in total. The van der Waals surface area contributed by atoms with Crippen LogP contribution >= 0.6 is 27.3 Å². The van der Waals surface area contributed by atoms with Crippen LogP contribution in [0.2, 0.25) is 0 Å². The molecule has 6 heteroatoms. The highest BCUT2D eigenvalue weighted by Crippen LogP contribution is 2.21. The molecule has 1 aromatic carbocycles. The van der Waals surface area contributed by atoms with Crippen molar-refractivity contribution in [3.63, 3.8) is 0 Å². The second-order valence-corrected chi connectivity index (χ2v) is 6.74. The van der Waals surface area contributed by atoms with E-state index >= 15 is 0 Å². The molecular formula is C17H14BrN3OS. The summed E-state index contributed by atoms with van der Waals surface area (Å²) in [5.74, 6) is -0.0738. The maximum absolute atomic E-state index is 12.1. The zero-order valence-electron chi connectivity index (χ0n) is 12.2. The average Bonchev–Trinajstić information content (AvgIpc) is 3.04. The standard InChI is InChI=1S/C17H14BrN3OS/c18-14-5-1-3-12(9-14)17(22)20-8-6-16-21-15(11-23-16)13-4-2-7-19-10-13/h1-5,7,9-11H,6,8H2,(H,20,22). The highest BCUT2D eigenvalue weighted by molar-refractivity contribution is 9.10. The van der Waals surface area contributed by atoms with Gasteiger partial charge in [-0.1, -0.05) is 22.0 Å². The van der Waals surface area contributed by atoms with Gasteiger partial charge >= 0.3 is 0 Å². The lowest BCUT2D eigenvalue weighted by atomic mass is 10.2. The Balaban J connectivity index is 1.55. The summed E-state index contributed by atoms with van der Waals surface area (Å²) in [6.07, 6.45) is 4.26. The Morgan fingerprint density at radius 3 is 2.96 bits per heavy atom. The Morgan fingerprint density at radius 2 is 2.17 bits per heavy atom. The normalized spacial score (nSPS) is 10.5. The fourth-order valence-corrected chi connectivity index (χ4v) is 3.29. The van der Waals surface area contributed by atoms with Gasteiger partial charge in [-0.2, -0.15) is 0 Å². The van der Waals surface area contributed by atoms with Crippen molar-refractivity contribution in [3.05, 3.63) is 69.2 Å². The van der Waals surface area contributed by atoms with Gasteiger partial charge in [0.05, 0.1) is 10.7 Å². The van der Waals surface area contributed by atoms with Gasteiger partial charge in [0.2, 0.25) is 0 Å². The maximum Gasteiger partial charge on any atom is 0.251 e. The van der Waals surface area contributed by atoms with Crippen LogP contribution in [0.15, 0.2) is 58.6 Å². The van der Waals surface area contributed by atoms with Gasteiger partial charge in [-0.05, 0) is 30.3 Å². The highest BCUT2D eigenvalue weighted by atomic mass is 79.9. The van der Waals surface area contributed by atoms with Crippen LogP contribution in [-0.4, -0.2) is 22.4 Å². The van der Waals surface area contributed by atoms with E-state index in [1.54, 1.807) is 35.9 Å². The minimum absolute atomic E-state index is 0.0738. The van der Waals surface area contributed by atoms with Crippen LogP contribution in [0.3, 0.4) is 0 Å². The predicted octanol–water partition coefficient (Wildman–Crippen LogP) is 3.94. The lowest BCUT2D eigenvalue weighted by Gasteiger charge is -2.04. The first-order chi connectivity index (χ1) is 11.2. The van der Waals surface area contributed by atoms with Crippen LogP contribution in [0.25, 0.3) is 11.3 Å². The molecule has 3 aromatic rings. The molecule has 3 rings (SSSR count). The van der Waals surface area contributed by atoms with Crippen molar-refractivity contribution in [1.29, 1.82) is 0 Å². The fourth-order valence-electron chi connectivity index (χ4n) is 2.09. The minimum Gasteiger partial charge on any atom is -0.352 e. The maximum atomic E-state index is 12.1. The average molecular weight is 388 g/mol. The van der Waals surface area contributed by atoms with Gasteiger partial charge in [0, 0.05) is 46.3 Å². The summed E-state index contributed by atoms with van der Waals surface area (Å²) in [5.41, 5.74) is 2.58. The molecule has 116 valence electrons. The predicted molar refractivity (Wildman–Crippen MR) is 95.5 cm³/mol. The Labute approximate surface area is 146 Å². The smallest absolute Gasteiger partial charge is 0.251 e. The number of carbonyl (C=O) groups excluding carboxylic acids is 1. The van der Waals surface area contributed by atoms with Crippen LogP contribution in [0, 0.1) is 0 Å². The van der Waals surface area contributed by atoms with Crippen molar-refractivity contribution in [2.75, 3.05) is 6.54 Å². The SMILES string of the molecule is O=C(NCCc1nc(-c2cccnc2)cs1)c1cccc(Br)c1. The highest BCUT2D eigenvalue weighted by Gasteiger charge is 2.07. The molecule has 0 aliphatic heterocycles. The van der Waals surface area contributed by atoms with Gasteiger partial charge in [0.15, 0.2) is 0 Å². The number of aromatic nitrogens is 2. The van der Waals surface area contributed by atoms with E-state index < -0.39 is 0 Å². The van der Waals surface area contributed by atoms with E-state index in [1.807, 2.05) is 29.6 Å². The Bertz CT molecular complexity index is 804. The van der Waals surface area contributed by atoms with E-state index in [0.717, 1.165) is 20.7 Å². The molecule has 1 amide bonds. The van der Waals surface area contributed by atoms with Gasteiger partial charge < -0.3 is 5.32 Å². The van der Waals surface area contributed by atoms with E-state index in [1.165, 1.54) is 0 Å². The Morgan fingerprint density at radius 1 is 1.26 bits per heavy atom. The first-order valence-corrected chi connectivity index (χ1v) is 8.78. The number of carbonyl (C=O) groups is 1. The van der Waals surface area contributed by atoms with Crippen LogP contribution in [-0.2, 0) is 6.42 Å². The second kappa shape index (κ2) is 7.48. The van der Waals surface area contributed by atoms with Crippen LogP contribution < -0.4 is 5.32 Å². The molecule has 0 atom stereocenters. The molecule has 0 radical (unpaired) electrons. The number of thiazole rings is 1. The van der Waals surface area contributed by atoms with E-state index in [9.17, 15) is 4.79 Å². The van der Waals surface area contributed by atoms with Gasteiger partial charge in [0.25, 0.3) is 5.91 Å². The van der Waals surface area contributed by atoms with Gasteiger partial charge in [-0.3, -0.25) is 9.78 Å². The molecule has 0 fully saturated rings. The Hall–Kier alpha value is -2.05. The van der Waals surface area contributed by atoms with Crippen molar-refractivity contribution in [2.45, 2.75) is 6.42 Å². The van der Waals surface area contributed by atoms with Crippen LogP contribution in [0.1, 0.15) is 15.4 Å². The lowest BCUT2D eigenvalue weighted by Crippen LogP contribution is -2.25. The topological polar surface area (TPSA) is 54.9 Å². The quantitative estimate of drug-likeness (QED) is 0.721. The number of pyridine rings is 1.